The molecule has 1 amide bonds. The van der Waals surface area contributed by atoms with Crippen molar-refractivity contribution in [2.24, 2.45) is 0 Å². The van der Waals surface area contributed by atoms with Crippen LogP contribution in [-0.4, -0.2) is 32.7 Å². The maximum absolute atomic E-state index is 13.7. The molecular weight excluding hydrogens is 544 g/mol. The van der Waals surface area contributed by atoms with E-state index in [1.54, 1.807) is 30.3 Å². The summed E-state index contributed by atoms with van der Waals surface area (Å²) in [5.41, 5.74) is 3.39. The van der Waals surface area contributed by atoms with Crippen LogP contribution in [0.1, 0.15) is 27.0 Å². The van der Waals surface area contributed by atoms with Crippen LogP contribution < -0.4 is 10.0 Å². The number of ketones is 1. The lowest BCUT2D eigenvalue weighted by Gasteiger charge is -2.20. The average molecular weight is 575 g/mol. The molecule has 0 saturated carbocycles. The molecule has 2 N–H and O–H groups in total. The summed E-state index contributed by atoms with van der Waals surface area (Å²) in [7, 11) is -3.90. The number of amides is 1. The number of hydrogen-bond acceptors (Lipinski definition) is 4. The van der Waals surface area contributed by atoms with Crippen molar-refractivity contribution in [3.8, 4) is 0 Å². The smallest absolute Gasteiger partial charge is 0.252 e. The van der Waals surface area contributed by atoms with Gasteiger partial charge in [-0.2, -0.15) is 0 Å². The van der Waals surface area contributed by atoms with Crippen molar-refractivity contribution in [3.63, 3.8) is 0 Å². The Morgan fingerprint density at radius 1 is 0.690 bits per heavy atom. The summed E-state index contributed by atoms with van der Waals surface area (Å²) < 4.78 is 27.9. The molecule has 42 heavy (non-hydrogen) atoms. The van der Waals surface area contributed by atoms with E-state index in [9.17, 15) is 18.0 Å². The Morgan fingerprint density at radius 3 is 2.00 bits per heavy atom. The highest BCUT2D eigenvalue weighted by molar-refractivity contribution is 7.89. The Hall–Kier alpha value is -4.85. The van der Waals surface area contributed by atoms with Gasteiger partial charge in [-0.15, -0.1) is 0 Å². The fourth-order valence-electron chi connectivity index (χ4n) is 4.78. The predicted molar refractivity (Wildman–Crippen MR) is 167 cm³/mol. The Balaban J connectivity index is 1.38. The van der Waals surface area contributed by atoms with Crippen LogP contribution in [0, 0.1) is 0 Å². The second kappa shape index (κ2) is 12.8. The van der Waals surface area contributed by atoms with Crippen molar-refractivity contribution in [1.29, 1.82) is 0 Å². The van der Waals surface area contributed by atoms with Crippen LogP contribution in [0.5, 0.6) is 0 Å². The lowest BCUT2D eigenvalue weighted by Crippen LogP contribution is -2.46. The van der Waals surface area contributed by atoms with Gasteiger partial charge < -0.3 is 5.32 Å². The third kappa shape index (κ3) is 6.71. The van der Waals surface area contributed by atoms with Gasteiger partial charge in [0.25, 0.3) is 5.91 Å². The normalized spacial score (nSPS) is 12.0. The number of sulfonamides is 1. The number of fused-ring (bicyclic) bond motifs is 1. The summed E-state index contributed by atoms with van der Waals surface area (Å²) in [5.74, 6) is -0.912. The van der Waals surface area contributed by atoms with Crippen molar-refractivity contribution in [1.82, 2.24) is 10.0 Å². The largest absolute Gasteiger partial charge is 0.342 e. The zero-order valence-electron chi connectivity index (χ0n) is 22.9. The topological polar surface area (TPSA) is 92.3 Å². The van der Waals surface area contributed by atoms with Crippen LogP contribution in [0.3, 0.4) is 0 Å². The third-order valence-corrected chi connectivity index (χ3v) is 8.48. The van der Waals surface area contributed by atoms with E-state index < -0.39 is 34.3 Å². The predicted octanol–water partition coefficient (Wildman–Crippen LogP) is 5.79. The van der Waals surface area contributed by atoms with Crippen molar-refractivity contribution >= 4 is 38.1 Å². The first kappa shape index (κ1) is 28.7. The van der Waals surface area contributed by atoms with E-state index in [4.69, 9.17) is 0 Å². The molecular formula is C35H30N2O4S. The van der Waals surface area contributed by atoms with Gasteiger partial charge in [0.1, 0.15) is 0 Å². The van der Waals surface area contributed by atoms with Gasteiger partial charge in [-0.05, 0) is 63.7 Å². The lowest BCUT2D eigenvalue weighted by atomic mass is 9.93. The molecule has 0 fully saturated rings. The maximum Gasteiger partial charge on any atom is 0.252 e. The van der Waals surface area contributed by atoms with Crippen LogP contribution >= 0.6 is 0 Å². The number of Topliss-reactive ketones (excluding diaryl/α,β-unsaturated/α-hetero) is 1. The fourth-order valence-corrected chi connectivity index (χ4v) is 5.79. The molecule has 5 aromatic carbocycles. The minimum atomic E-state index is -3.90. The highest BCUT2D eigenvalue weighted by Crippen LogP contribution is 2.28. The van der Waals surface area contributed by atoms with Gasteiger partial charge >= 0.3 is 0 Å². The summed E-state index contributed by atoms with van der Waals surface area (Å²) in [6.45, 7) is 3.82. The van der Waals surface area contributed by atoms with Gasteiger partial charge in [0.2, 0.25) is 10.0 Å². The van der Waals surface area contributed by atoms with E-state index in [-0.39, 0.29) is 11.3 Å². The molecule has 5 rings (SSSR count). The van der Waals surface area contributed by atoms with Gasteiger partial charge in [-0.1, -0.05) is 110 Å². The molecule has 0 radical (unpaired) electrons. The SMILES string of the molecule is C=C(c1ccc2ccccc2c1)c1ccccc1C(=O)N[C@@H](Cc1ccccc1)C(=O)CNS(=O)(=O)c1ccccc1. The number of rotatable bonds is 11. The highest BCUT2D eigenvalue weighted by Gasteiger charge is 2.25. The number of nitrogens with one attached hydrogen (secondary N) is 2. The van der Waals surface area contributed by atoms with Gasteiger partial charge in [0.15, 0.2) is 5.78 Å². The van der Waals surface area contributed by atoms with Gasteiger partial charge in [0.05, 0.1) is 17.5 Å². The number of benzene rings is 5. The van der Waals surface area contributed by atoms with Gasteiger partial charge in [0, 0.05) is 5.56 Å². The zero-order chi connectivity index (χ0) is 29.5. The zero-order valence-corrected chi connectivity index (χ0v) is 23.7. The highest BCUT2D eigenvalue weighted by atomic mass is 32.2. The summed E-state index contributed by atoms with van der Waals surface area (Å²) in [6, 6.07) is 37.3. The molecule has 210 valence electrons. The molecule has 0 aliphatic heterocycles. The monoisotopic (exact) mass is 574 g/mol. The summed E-state index contributed by atoms with van der Waals surface area (Å²) in [4.78, 5) is 27.2. The Morgan fingerprint density at radius 2 is 1.29 bits per heavy atom. The second-order valence-electron chi connectivity index (χ2n) is 9.91. The Bertz CT molecular complexity index is 1850. The molecule has 0 spiro atoms. The van der Waals surface area contributed by atoms with Crippen LogP contribution in [-0.2, 0) is 21.2 Å². The molecule has 0 saturated heterocycles. The first-order chi connectivity index (χ1) is 20.3. The van der Waals surface area contributed by atoms with Gasteiger partial charge in [-0.25, -0.2) is 13.1 Å². The standard InChI is InChI=1S/C35H30N2O4S/c1-25(28-21-20-27-14-8-9-15-29(27)23-28)31-18-10-11-19-32(31)35(39)37-33(22-26-12-4-2-5-13-26)34(38)24-36-42(40,41)30-16-6-3-7-17-30/h2-21,23,33,36H,1,22,24H2,(H,37,39)/t33-/m0/s1. The molecule has 0 aliphatic carbocycles. The van der Waals surface area contributed by atoms with Crippen LogP contribution in [0.25, 0.3) is 16.3 Å². The Labute approximate surface area is 245 Å². The Kier molecular flexibility index (Phi) is 8.71. The lowest BCUT2D eigenvalue weighted by molar-refractivity contribution is -0.119. The summed E-state index contributed by atoms with van der Waals surface area (Å²) >= 11 is 0. The molecule has 1 atom stereocenters. The molecule has 0 heterocycles. The molecule has 7 heteroatoms. The maximum atomic E-state index is 13.7. The van der Waals surface area contributed by atoms with E-state index in [2.05, 4.69) is 16.6 Å². The number of hydrogen-bond donors (Lipinski definition) is 2. The van der Waals surface area contributed by atoms with E-state index in [1.165, 1.54) is 12.1 Å². The van der Waals surface area contributed by atoms with Crippen molar-refractivity contribution < 1.29 is 18.0 Å². The van der Waals surface area contributed by atoms with Crippen molar-refractivity contribution in [3.05, 3.63) is 156 Å². The first-order valence-corrected chi connectivity index (χ1v) is 15.0. The minimum absolute atomic E-state index is 0.0579. The molecule has 0 aromatic heterocycles. The molecule has 0 aliphatic rings. The molecule has 0 unspecified atom stereocenters. The fraction of sp³-hybridized carbons (Fsp3) is 0.0857. The number of carbonyl (C=O) groups is 2. The van der Waals surface area contributed by atoms with Crippen molar-refractivity contribution in [2.45, 2.75) is 17.4 Å². The van der Waals surface area contributed by atoms with E-state index in [0.717, 1.165) is 21.9 Å². The van der Waals surface area contributed by atoms with E-state index >= 15 is 0 Å². The molecule has 5 aromatic rings. The van der Waals surface area contributed by atoms with Crippen LogP contribution in [0.4, 0.5) is 0 Å². The third-order valence-electron chi connectivity index (χ3n) is 7.06. The van der Waals surface area contributed by atoms with Gasteiger partial charge in [-0.3, -0.25) is 9.59 Å². The summed E-state index contributed by atoms with van der Waals surface area (Å²) in [6.07, 6.45) is 0.201. The minimum Gasteiger partial charge on any atom is -0.342 e. The van der Waals surface area contributed by atoms with E-state index in [1.807, 2.05) is 84.9 Å². The number of carbonyl (C=O) groups excluding carboxylic acids is 2. The van der Waals surface area contributed by atoms with Crippen LogP contribution in [0.15, 0.2) is 139 Å². The second-order valence-corrected chi connectivity index (χ2v) is 11.7. The quantitative estimate of drug-likeness (QED) is 0.209. The van der Waals surface area contributed by atoms with E-state index in [0.29, 0.717) is 16.7 Å². The van der Waals surface area contributed by atoms with Crippen molar-refractivity contribution in [2.75, 3.05) is 6.54 Å². The molecule has 0 bridgehead atoms. The summed E-state index contributed by atoms with van der Waals surface area (Å²) in [5, 5.41) is 5.03. The first-order valence-electron chi connectivity index (χ1n) is 13.5. The molecule has 6 nitrogen and oxygen atoms in total. The average Bonchev–Trinajstić information content (AvgIpc) is 3.03. The van der Waals surface area contributed by atoms with Crippen LogP contribution in [0.2, 0.25) is 0 Å².